The summed E-state index contributed by atoms with van der Waals surface area (Å²) in [4.78, 5) is 27.8. The number of sulfonamides is 1. The molecule has 0 atom stereocenters. The fourth-order valence-electron chi connectivity index (χ4n) is 4.14. The summed E-state index contributed by atoms with van der Waals surface area (Å²) in [5, 5.41) is 2.70. The number of anilines is 2. The van der Waals surface area contributed by atoms with E-state index >= 15 is 0 Å². The Kier molecular flexibility index (Phi) is 7.11. The second kappa shape index (κ2) is 10.0. The fraction of sp³-hybridized carbons (Fsp3) is 0.417. The van der Waals surface area contributed by atoms with Gasteiger partial charge in [-0.25, -0.2) is 8.42 Å². The van der Waals surface area contributed by atoms with Gasteiger partial charge in [0.2, 0.25) is 10.0 Å². The smallest absolute Gasteiger partial charge is 0.296 e. The van der Waals surface area contributed by atoms with Gasteiger partial charge in [0, 0.05) is 31.7 Å². The number of nitrogens with one attached hydrogen (secondary N) is 1. The van der Waals surface area contributed by atoms with E-state index in [9.17, 15) is 18.0 Å². The van der Waals surface area contributed by atoms with Gasteiger partial charge in [-0.05, 0) is 44.4 Å². The molecule has 8 nitrogen and oxygen atoms in total. The highest BCUT2D eigenvalue weighted by molar-refractivity contribution is 7.89. The van der Waals surface area contributed by atoms with Crippen molar-refractivity contribution in [3.05, 3.63) is 53.6 Å². The van der Waals surface area contributed by atoms with E-state index in [0.29, 0.717) is 18.9 Å². The van der Waals surface area contributed by atoms with Crippen molar-refractivity contribution in [2.24, 2.45) is 0 Å². The Hall–Kier alpha value is -2.75. The van der Waals surface area contributed by atoms with Crippen LogP contribution >= 0.6 is 0 Å². The Bertz CT molecular complexity index is 1120. The molecule has 2 aliphatic heterocycles. The minimum atomic E-state index is -3.75. The number of ketones is 1. The van der Waals surface area contributed by atoms with E-state index in [-0.39, 0.29) is 23.5 Å². The molecule has 0 aromatic heterocycles. The molecule has 0 spiro atoms. The minimum Gasteiger partial charge on any atom is -0.379 e. The third-order valence-electron chi connectivity index (χ3n) is 6.04. The zero-order chi connectivity index (χ0) is 23.4. The van der Waals surface area contributed by atoms with E-state index < -0.39 is 21.7 Å². The number of hydrogen-bond donors (Lipinski definition) is 1. The van der Waals surface area contributed by atoms with E-state index in [1.807, 2.05) is 6.92 Å². The molecule has 2 fully saturated rings. The number of piperidine rings is 1. The van der Waals surface area contributed by atoms with Gasteiger partial charge >= 0.3 is 0 Å². The Labute approximate surface area is 194 Å². The molecule has 0 radical (unpaired) electrons. The van der Waals surface area contributed by atoms with Crippen LogP contribution in [0.25, 0.3) is 0 Å². The van der Waals surface area contributed by atoms with Crippen molar-refractivity contribution >= 4 is 33.1 Å². The first-order valence-corrected chi connectivity index (χ1v) is 12.7. The average molecular weight is 472 g/mol. The molecule has 1 amide bonds. The van der Waals surface area contributed by atoms with Crippen LogP contribution in [0.3, 0.4) is 0 Å². The van der Waals surface area contributed by atoms with Crippen LogP contribution in [0.15, 0.2) is 47.4 Å². The highest BCUT2D eigenvalue weighted by Gasteiger charge is 2.28. The molecule has 2 aliphatic rings. The van der Waals surface area contributed by atoms with Crippen molar-refractivity contribution in [3.63, 3.8) is 0 Å². The Balaban J connectivity index is 1.65. The maximum atomic E-state index is 13.2. The lowest BCUT2D eigenvalue weighted by atomic mass is 10.1. The molecule has 2 saturated heterocycles. The normalized spacial score (nSPS) is 17.5. The lowest BCUT2D eigenvalue weighted by molar-refractivity contribution is -0.112. The van der Waals surface area contributed by atoms with Gasteiger partial charge in [-0.3, -0.25) is 9.59 Å². The first kappa shape index (κ1) is 23.4. The molecule has 4 rings (SSSR count). The van der Waals surface area contributed by atoms with Crippen LogP contribution in [-0.2, 0) is 19.6 Å². The molecule has 2 aromatic rings. The first-order valence-electron chi connectivity index (χ1n) is 11.3. The van der Waals surface area contributed by atoms with Crippen LogP contribution in [0.5, 0.6) is 0 Å². The van der Waals surface area contributed by atoms with Crippen LogP contribution in [0.1, 0.15) is 35.2 Å². The van der Waals surface area contributed by atoms with Crippen molar-refractivity contribution in [1.82, 2.24) is 4.31 Å². The van der Waals surface area contributed by atoms with E-state index in [4.69, 9.17) is 4.74 Å². The number of nitrogens with zero attached hydrogens (tertiary/aromatic N) is 2. The molecular weight excluding hydrogens is 442 g/mol. The Morgan fingerprint density at radius 3 is 2.24 bits per heavy atom. The van der Waals surface area contributed by atoms with Crippen molar-refractivity contribution in [1.29, 1.82) is 0 Å². The largest absolute Gasteiger partial charge is 0.379 e. The van der Waals surface area contributed by atoms with Gasteiger partial charge < -0.3 is 15.0 Å². The van der Waals surface area contributed by atoms with Gasteiger partial charge in [0.05, 0.1) is 29.5 Å². The van der Waals surface area contributed by atoms with E-state index in [0.717, 1.165) is 43.6 Å². The number of ether oxygens (including phenoxy) is 1. The molecule has 176 valence electrons. The number of hydrogen-bond acceptors (Lipinski definition) is 6. The lowest BCUT2D eigenvalue weighted by Crippen LogP contribution is -2.40. The van der Waals surface area contributed by atoms with Crippen LogP contribution in [0, 0.1) is 6.92 Å². The van der Waals surface area contributed by atoms with Crippen LogP contribution in [0.4, 0.5) is 11.4 Å². The summed E-state index contributed by atoms with van der Waals surface area (Å²) in [5.74, 6) is -1.46. The molecule has 0 saturated carbocycles. The van der Waals surface area contributed by atoms with Gasteiger partial charge in [-0.15, -0.1) is 0 Å². The molecule has 1 N–H and O–H groups in total. The van der Waals surface area contributed by atoms with Crippen LogP contribution in [-0.4, -0.2) is 63.8 Å². The van der Waals surface area contributed by atoms with Gasteiger partial charge in [-0.1, -0.05) is 29.8 Å². The predicted octanol–water partition coefficient (Wildman–Crippen LogP) is 2.83. The number of rotatable bonds is 6. The maximum Gasteiger partial charge on any atom is 0.296 e. The van der Waals surface area contributed by atoms with Crippen LogP contribution in [0.2, 0.25) is 0 Å². The second-order valence-electron chi connectivity index (χ2n) is 8.39. The highest BCUT2D eigenvalue weighted by atomic mass is 32.2. The summed E-state index contributed by atoms with van der Waals surface area (Å²) in [6.07, 6.45) is 3.17. The number of aryl methyl sites for hydroxylation is 1. The third kappa shape index (κ3) is 5.26. The molecule has 9 heteroatoms. The standard InChI is InChI=1S/C24H29N3O5S/c1-18-5-7-19(8-6-18)23(28)24(29)25-21-17-20(33(30,31)27-13-15-32-16-14-27)9-10-22(21)26-11-3-2-4-12-26/h5-10,17H,2-4,11-16H2,1H3,(H,25,29). The monoisotopic (exact) mass is 471 g/mol. The summed E-state index contributed by atoms with van der Waals surface area (Å²) in [7, 11) is -3.75. The number of benzene rings is 2. The van der Waals surface area contributed by atoms with Gasteiger partial charge in [0.15, 0.2) is 0 Å². The lowest BCUT2D eigenvalue weighted by Gasteiger charge is -2.31. The molecule has 0 unspecified atom stereocenters. The summed E-state index contributed by atoms with van der Waals surface area (Å²) >= 11 is 0. The van der Waals surface area contributed by atoms with Crippen molar-refractivity contribution in [2.45, 2.75) is 31.1 Å². The quantitative estimate of drug-likeness (QED) is 0.514. The summed E-state index contributed by atoms with van der Waals surface area (Å²) < 4.78 is 33.0. The molecule has 0 aliphatic carbocycles. The van der Waals surface area contributed by atoms with Gasteiger partial charge in [0.1, 0.15) is 0 Å². The summed E-state index contributed by atoms with van der Waals surface area (Å²) in [6, 6.07) is 11.5. The third-order valence-corrected chi connectivity index (χ3v) is 7.94. The molecule has 33 heavy (non-hydrogen) atoms. The van der Waals surface area contributed by atoms with Gasteiger partial charge in [-0.2, -0.15) is 4.31 Å². The summed E-state index contributed by atoms with van der Waals surface area (Å²) in [6.45, 7) is 4.78. The van der Waals surface area contributed by atoms with Gasteiger partial charge in [0.25, 0.3) is 11.7 Å². The molecule has 2 aromatic carbocycles. The SMILES string of the molecule is Cc1ccc(C(=O)C(=O)Nc2cc(S(=O)(=O)N3CCOCC3)ccc2N2CCCCC2)cc1. The molecule has 0 bridgehead atoms. The van der Waals surface area contributed by atoms with E-state index in [1.165, 1.54) is 10.4 Å². The summed E-state index contributed by atoms with van der Waals surface area (Å²) in [5.41, 5.74) is 2.33. The van der Waals surface area contributed by atoms with E-state index in [2.05, 4.69) is 10.2 Å². The topological polar surface area (TPSA) is 96.0 Å². The zero-order valence-corrected chi connectivity index (χ0v) is 19.6. The molecular formula is C24H29N3O5S. The number of amides is 1. The zero-order valence-electron chi connectivity index (χ0n) is 18.7. The Morgan fingerprint density at radius 1 is 0.909 bits per heavy atom. The van der Waals surface area contributed by atoms with Crippen LogP contribution < -0.4 is 10.2 Å². The average Bonchev–Trinajstić information content (AvgIpc) is 2.85. The first-order chi connectivity index (χ1) is 15.9. The number of carbonyl (C=O) groups is 2. The molecule has 2 heterocycles. The van der Waals surface area contributed by atoms with Crippen molar-refractivity contribution in [2.75, 3.05) is 49.6 Å². The number of carbonyl (C=O) groups excluding carboxylic acids is 2. The highest BCUT2D eigenvalue weighted by Crippen LogP contribution is 2.32. The minimum absolute atomic E-state index is 0.0863. The van der Waals surface area contributed by atoms with E-state index in [1.54, 1.807) is 36.4 Å². The Morgan fingerprint density at radius 2 is 1.58 bits per heavy atom. The predicted molar refractivity (Wildman–Crippen MR) is 126 cm³/mol. The number of Topliss-reactive ketones (excluding diaryl/α,β-unsaturated/α-hetero) is 1. The van der Waals surface area contributed by atoms with Crippen molar-refractivity contribution < 1.29 is 22.7 Å². The second-order valence-corrected chi connectivity index (χ2v) is 10.3. The maximum absolute atomic E-state index is 13.2. The number of morpholine rings is 1. The fourth-order valence-corrected chi connectivity index (χ4v) is 5.57. The van der Waals surface area contributed by atoms with Crippen molar-refractivity contribution in [3.8, 4) is 0 Å².